The maximum absolute atomic E-state index is 14.3. The van der Waals surface area contributed by atoms with Crippen LogP contribution < -0.4 is 20.8 Å². The highest BCUT2D eigenvalue weighted by molar-refractivity contribution is 5.89. The molecule has 6 rings (SSSR count). The lowest BCUT2D eigenvalue weighted by Crippen LogP contribution is -2.48. The number of nitrogens with zero attached hydrogens (tertiary/aromatic N) is 6. The lowest BCUT2D eigenvalue weighted by molar-refractivity contribution is 0.157. The summed E-state index contributed by atoms with van der Waals surface area (Å²) in [5.74, 6) is -1.09. The van der Waals surface area contributed by atoms with E-state index in [1.807, 2.05) is 25.1 Å². The van der Waals surface area contributed by atoms with Crippen molar-refractivity contribution in [2.24, 2.45) is 5.10 Å². The van der Waals surface area contributed by atoms with Crippen LogP contribution in [0.5, 0.6) is 5.88 Å². The Kier molecular flexibility index (Phi) is 7.12. The minimum Gasteiger partial charge on any atom is -0.481 e. The number of anilines is 2. The molecule has 1 aromatic carbocycles. The SMILES string of the molecule is COc1cc(CN(Cc2c3n(c4cc(F)c(F)cc4c2=O)N=C(C)C3)C2CCCN(c3ccc(N)nc3)C2)ccn1. The number of hydrogen-bond donors (Lipinski definition) is 1. The molecule has 0 bridgehead atoms. The fraction of sp³-hybridized carbons (Fsp3) is 0.333. The van der Waals surface area contributed by atoms with Crippen molar-refractivity contribution in [3.63, 3.8) is 0 Å². The number of aromatic nitrogens is 3. The zero-order valence-electron chi connectivity index (χ0n) is 23.0. The van der Waals surface area contributed by atoms with Gasteiger partial charge < -0.3 is 15.4 Å². The average molecular weight is 560 g/mol. The number of pyridine rings is 3. The smallest absolute Gasteiger partial charge is 0.213 e. The first kappa shape index (κ1) is 26.8. The molecule has 11 heteroatoms. The summed E-state index contributed by atoms with van der Waals surface area (Å²) in [4.78, 5) is 27.0. The summed E-state index contributed by atoms with van der Waals surface area (Å²) in [5.41, 5.74) is 9.80. The zero-order valence-corrected chi connectivity index (χ0v) is 23.0. The highest BCUT2D eigenvalue weighted by Gasteiger charge is 2.30. The molecule has 1 saturated heterocycles. The molecule has 0 amide bonds. The van der Waals surface area contributed by atoms with Gasteiger partial charge in [-0.1, -0.05) is 0 Å². The van der Waals surface area contributed by atoms with Crippen LogP contribution in [-0.2, 0) is 19.5 Å². The fourth-order valence-electron chi connectivity index (χ4n) is 5.85. The number of nitrogen functional groups attached to an aromatic ring is 1. The van der Waals surface area contributed by atoms with Crippen LogP contribution in [-0.4, -0.2) is 51.5 Å². The third-order valence-corrected chi connectivity index (χ3v) is 7.89. The van der Waals surface area contributed by atoms with Crippen LogP contribution in [0.25, 0.3) is 10.9 Å². The molecule has 1 unspecified atom stereocenters. The summed E-state index contributed by atoms with van der Waals surface area (Å²) in [6.45, 7) is 4.32. The molecule has 0 spiro atoms. The summed E-state index contributed by atoms with van der Waals surface area (Å²) in [7, 11) is 1.58. The first-order valence-electron chi connectivity index (χ1n) is 13.6. The van der Waals surface area contributed by atoms with E-state index in [2.05, 4.69) is 24.9 Å². The molecule has 1 atom stereocenters. The van der Waals surface area contributed by atoms with Gasteiger partial charge in [0.2, 0.25) is 5.88 Å². The second-order valence-corrected chi connectivity index (χ2v) is 10.7. The van der Waals surface area contributed by atoms with E-state index in [9.17, 15) is 13.6 Å². The maximum Gasteiger partial charge on any atom is 0.213 e. The van der Waals surface area contributed by atoms with E-state index < -0.39 is 11.6 Å². The topological polar surface area (TPSA) is 102 Å². The van der Waals surface area contributed by atoms with Gasteiger partial charge in [-0.3, -0.25) is 9.69 Å². The summed E-state index contributed by atoms with van der Waals surface area (Å²) in [6, 6.07) is 9.72. The Morgan fingerprint density at radius 2 is 1.95 bits per heavy atom. The highest BCUT2D eigenvalue weighted by atomic mass is 19.2. The number of nitrogens with two attached hydrogens (primary N) is 1. The van der Waals surface area contributed by atoms with Gasteiger partial charge in [0.05, 0.1) is 35.6 Å². The average Bonchev–Trinajstić information content (AvgIpc) is 3.37. The Morgan fingerprint density at radius 1 is 1.12 bits per heavy atom. The number of fused-ring (bicyclic) bond motifs is 3. The number of ether oxygens (including phenoxy) is 1. The Bertz CT molecular complexity index is 1700. The van der Waals surface area contributed by atoms with Gasteiger partial charge in [-0.15, -0.1) is 0 Å². The number of rotatable bonds is 7. The van der Waals surface area contributed by atoms with E-state index in [4.69, 9.17) is 10.5 Å². The number of piperidine rings is 1. The monoisotopic (exact) mass is 559 g/mol. The van der Waals surface area contributed by atoms with Crippen molar-refractivity contribution in [2.75, 3.05) is 30.8 Å². The van der Waals surface area contributed by atoms with Crippen molar-refractivity contribution in [1.82, 2.24) is 19.5 Å². The van der Waals surface area contributed by atoms with Crippen molar-refractivity contribution >= 4 is 28.1 Å². The Morgan fingerprint density at radius 3 is 2.73 bits per heavy atom. The van der Waals surface area contributed by atoms with Crippen molar-refractivity contribution in [2.45, 2.75) is 45.3 Å². The van der Waals surface area contributed by atoms with Crippen LogP contribution in [0.3, 0.4) is 0 Å². The van der Waals surface area contributed by atoms with E-state index in [0.29, 0.717) is 42.5 Å². The van der Waals surface area contributed by atoms with E-state index in [-0.39, 0.29) is 22.4 Å². The maximum atomic E-state index is 14.3. The third-order valence-electron chi connectivity index (χ3n) is 7.89. The van der Waals surface area contributed by atoms with Crippen LogP contribution in [0.15, 0.2) is 58.7 Å². The van der Waals surface area contributed by atoms with Gasteiger partial charge in [0.15, 0.2) is 17.1 Å². The van der Waals surface area contributed by atoms with Crippen LogP contribution in [0.4, 0.5) is 20.3 Å². The number of hydrogen-bond acceptors (Lipinski definition) is 8. The predicted octanol–water partition coefficient (Wildman–Crippen LogP) is 4.11. The standard InChI is InChI=1S/C30H31F2N7O2/c1-18-10-26-23(30(40)22-12-24(31)25(32)13-27(22)39(26)36-18)17-38(15-19-7-8-34-29(11-19)41-2)21-4-3-9-37(16-21)20-5-6-28(33)35-14-20/h5-8,11-14,21H,3-4,9-10,15-17H2,1-2H3,(H2,33,35). The van der Waals surface area contributed by atoms with E-state index in [1.165, 1.54) is 0 Å². The van der Waals surface area contributed by atoms with Crippen molar-refractivity contribution in [3.8, 4) is 5.88 Å². The molecule has 2 aliphatic rings. The van der Waals surface area contributed by atoms with Crippen LogP contribution >= 0.6 is 0 Å². The first-order chi connectivity index (χ1) is 19.8. The van der Waals surface area contributed by atoms with Gasteiger partial charge in [0.25, 0.3) is 0 Å². The van der Waals surface area contributed by atoms with Gasteiger partial charge in [0.1, 0.15) is 5.82 Å². The first-order valence-corrected chi connectivity index (χ1v) is 13.6. The van der Waals surface area contributed by atoms with E-state index >= 15 is 0 Å². The molecule has 4 aromatic rings. The largest absolute Gasteiger partial charge is 0.481 e. The summed E-state index contributed by atoms with van der Waals surface area (Å²) in [5, 5.41) is 4.69. The zero-order chi connectivity index (χ0) is 28.7. The molecule has 2 N–H and O–H groups in total. The Balaban J connectivity index is 1.41. The van der Waals surface area contributed by atoms with Crippen molar-refractivity contribution in [3.05, 3.63) is 87.5 Å². The molecular formula is C30H31F2N7O2. The molecule has 0 aliphatic carbocycles. The second kappa shape index (κ2) is 10.9. The van der Waals surface area contributed by atoms with Crippen LogP contribution in [0, 0.1) is 11.6 Å². The number of halogens is 2. The molecule has 0 saturated carbocycles. The van der Waals surface area contributed by atoms with Crippen LogP contribution in [0.1, 0.15) is 36.6 Å². The van der Waals surface area contributed by atoms with Crippen LogP contribution in [0.2, 0.25) is 0 Å². The molecular weight excluding hydrogens is 528 g/mol. The quantitative estimate of drug-likeness (QED) is 0.364. The van der Waals surface area contributed by atoms with E-state index in [0.717, 1.165) is 55.0 Å². The van der Waals surface area contributed by atoms with Gasteiger partial charge in [-0.2, -0.15) is 5.10 Å². The molecule has 9 nitrogen and oxygen atoms in total. The highest BCUT2D eigenvalue weighted by Crippen LogP contribution is 2.29. The lowest BCUT2D eigenvalue weighted by atomic mass is 9.99. The fourth-order valence-corrected chi connectivity index (χ4v) is 5.85. The molecule has 1 fully saturated rings. The molecule has 0 radical (unpaired) electrons. The van der Waals surface area contributed by atoms with Gasteiger partial charge in [-0.25, -0.2) is 23.4 Å². The summed E-state index contributed by atoms with van der Waals surface area (Å²) in [6.07, 6.45) is 5.83. The number of benzene rings is 1. The minimum absolute atomic E-state index is 0.0876. The molecule has 5 heterocycles. The van der Waals surface area contributed by atoms with Crippen molar-refractivity contribution < 1.29 is 13.5 Å². The molecule has 212 valence electrons. The predicted molar refractivity (Wildman–Crippen MR) is 154 cm³/mol. The summed E-state index contributed by atoms with van der Waals surface area (Å²) < 4.78 is 35.5. The normalized spacial score (nSPS) is 16.8. The van der Waals surface area contributed by atoms with Gasteiger partial charge >= 0.3 is 0 Å². The molecule has 3 aromatic heterocycles. The van der Waals surface area contributed by atoms with Gasteiger partial charge in [0, 0.05) is 68.2 Å². The Labute approximate surface area is 235 Å². The van der Waals surface area contributed by atoms with E-state index in [1.54, 1.807) is 30.2 Å². The molecule has 41 heavy (non-hydrogen) atoms. The minimum atomic E-state index is -1.06. The summed E-state index contributed by atoms with van der Waals surface area (Å²) >= 11 is 0. The van der Waals surface area contributed by atoms with Gasteiger partial charge in [-0.05, 0) is 49.6 Å². The number of methoxy groups -OCH3 is 1. The second-order valence-electron chi connectivity index (χ2n) is 10.7. The Hall–Kier alpha value is -4.38. The molecule has 2 aliphatic heterocycles. The third kappa shape index (κ3) is 5.24. The lowest BCUT2D eigenvalue weighted by Gasteiger charge is -2.40. The van der Waals surface area contributed by atoms with Crippen molar-refractivity contribution in [1.29, 1.82) is 0 Å².